The van der Waals surface area contributed by atoms with Crippen molar-refractivity contribution in [3.63, 3.8) is 0 Å². The number of fused-ring (bicyclic) bond motifs is 1. The third-order valence-corrected chi connectivity index (χ3v) is 3.03. The number of amides is 1. The summed E-state index contributed by atoms with van der Waals surface area (Å²) in [4.78, 5) is 16.3. The number of alkyl halides is 1. The summed E-state index contributed by atoms with van der Waals surface area (Å²) in [5.41, 5.74) is 0.467. The topological polar surface area (TPSA) is 42.0 Å². The highest BCUT2D eigenvalue weighted by Gasteiger charge is 2.13. The summed E-state index contributed by atoms with van der Waals surface area (Å²) in [5.74, 6) is 0.383. The molecular formula is C14H15ClN2O. The lowest BCUT2D eigenvalue weighted by atomic mass is 10.1. The van der Waals surface area contributed by atoms with Crippen molar-refractivity contribution in [2.24, 2.45) is 0 Å². The van der Waals surface area contributed by atoms with Crippen molar-refractivity contribution in [2.45, 2.75) is 19.4 Å². The van der Waals surface area contributed by atoms with Crippen LogP contribution in [-0.4, -0.2) is 22.8 Å². The number of aromatic nitrogens is 1. The van der Waals surface area contributed by atoms with Crippen LogP contribution in [0.5, 0.6) is 0 Å². The number of pyridine rings is 1. The van der Waals surface area contributed by atoms with Gasteiger partial charge in [-0.3, -0.25) is 9.78 Å². The average Bonchev–Trinajstić information content (AvgIpc) is 2.38. The van der Waals surface area contributed by atoms with E-state index >= 15 is 0 Å². The van der Waals surface area contributed by atoms with Gasteiger partial charge in [0.2, 0.25) is 0 Å². The van der Waals surface area contributed by atoms with Crippen molar-refractivity contribution in [3.8, 4) is 0 Å². The lowest BCUT2D eigenvalue weighted by molar-refractivity contribution is 0.0936. The summed E-state index contributed by atoms with van der Waals surface area (Å²) in [7, 11) is 0. The molecular weight excluding hydrogens is 248 g/mol. The van der Waals surface area contributed by atoms with Crippen molar-refractivity contribution in [1.82, 2.24) is 10.3 Å². The molecule has 2 aromatic rings. The number of benzene rings is 1. The Balaban J connectivity index is 2.28. The Bertz CT molecular complexity index is 551. The molecule has 0 aliphatic rings. The number of hydrogen-bond donors (Lipinski definition) is 1. The average molecular weight is 263 g/mol. The smallest absolute Gasteiger partial charge is 0.270 e. The van der Waals surface area contributed by atoms with Crippen LogP contribution in [0.2, 0.25) is 0 Å². The molecule has 3 nitrogen and oxygen atoms in total. The van der Waals surface area contributed by atoms with E-state index in [1.165, 1.54) is 0 Å². The number of rotatable bonds is 4. The SMILES string of the molecule is CC(CCCl)NC(=O)c1nccc2ccccc12. The number of nitrogens with one attached hydrogen (secondary N) is 1. The van der Waals surface area contributed by atoms with Gasteiger partial charge in [-0.25, -0.2) is 0 Å². The summed E-state index contributed by atoms with van der Waals surface area (Å²) in [6.07, 6.45) is 2.40. The summed E-state index contributed by atoms with van der Waals surface area (Å²) >= 11 is 5.65. The standard InChI is InChI=1S/C14H15ClN2O/c1-10(6-8-15)17-14(18)13-12-5-3-2-4-11(12)7-9-16-13/h2-5,7,9-10H,6,8H2,1H3,(H,17,18). The van der Waals surface area contributed by atoms with Crippen molar-refractivity contribution in [1.29, 1.82) is 0 Å². The summed E-state index contributed by atoms with van der Waals surface area (Å²) < 4.78 is 0. The molecule has 1 aromatic heterocycles. The van der Waals surface area contributed by atoms with Gasteiger partial charge in [0.1, 0.15) is 5.69 Å². The van der Waals surface area contributed by atoms with E-state index in [4.69, 9.17) is 11.6 Å². The molecule has 1 N–H and O–H groups in total. The van der Waals surface area contributed by atoms with Crippen molar-refractivity contribution in [3.05, 3.63) is 42.2 Å². The highest BCUT2D eigenvalue weighted by Crippen LogP contribution is 2.16. The highest BCUT2D eigenvalue weighted by atomic mass is 35.5. The molecule has 1 atom stereocenters. The molecule has 0 bridgehead atoms. The maximum Gasteiger partial charge on any atom is 0.270 e. The zero-order valence-corrected chi connectivity index (χ0v) is 10.9. The Morgan fingerprint density at radius 1 is 1.39 bits per heavy atom. The summed E-state index contributed by atoms with van der Waals surface area (Å²) in [5, 5.41) is 4.79. The van der Waals surface area contributed by atoms with Crippen molar-refractivity contribution < 1.29 is 4.79 Å². The lowest BCUT2D eigenvalue weighted by Crippen LogP contribution is -2.33. The number of halogens is 1. The fourth-order valence-electron chi connectivity index (χ4n) is 1.83. The van der Waals surface area contributed by atoms with Crippen molar-refractivity contribution in [2.75, 3.05) is 5.88 Å². The van der Waals surface area contributed by atoms with Crippen molar-refractivity contribution >= 4 is 28.3 Å². The van der Waals surface area contributed by atoms with E-state index in [-0.39, 0.29) is 11.9 Å². The van der Waals surface area contributed by atoms with Gasteiger partial charge in [0.25, 0.3) is 5.91 Å². The number of carbonyl (C=O) groups excluding carboxylic acids is 1. The van der Waals surface area contributed by atoms with Crippen LogP contribution < -0.4 is 5.32 Å². The number of carbonyl (C=O) groups is 1. The fourth-order valence-corrected chi connectivity index (χ4v) is 2.16. The normalized spacial score (nSPS) is 12.3. The molecule has 0 aliphatic heterocycles. The molecule has 0 saturated heterocycles. The largest absolute Gasteiger partial charge is 0.348 e. The molecule has 1 heterocycles. The van der Waals surface area contributed by atoms with E-state index in [2.05, 4.69) is 10.3 Å². The molecule has 2 rings (SSSR count). The molecule has 0 fully saturated rings. The van der Waals surface area contributed by atoms with Crippen LogP contribution in [0, 0.1) is 0 Å². The molecule has 0 radical (unpaired) electrons. The predicted molar refractivity (Wildman–Crippen MR) is 74.0 cm³/mol. The second-order valence-corrected chi connectivity index (χ2v) is 4.61. The van der Waals surface area contributed by atoms with E-state index in [9.17, 15) is 4.79 Å². The Labute approximate surface area is 111 Å². The van der Waals surface area contributed by atoms with Gasteiger partial charge in [-0.15, -0.1) is 11.6 Å². The summed E-state index contributed by atoms with van der Waals surface area (Å²) in [6, 6.07) is 9.67. The third-order valence-electron chi connectivity index (χ3n) is 2.81. The monoisotopic (exact) mass is 262 g/mol. The van der Waals surface area contributed by atoms with Crippen LogP contribution in [0.25, 0.3) is 10.8 Å². The van der Waals surface area contributed by atoms with Crippen LogP contribution in [-0.2, 0) is 0 Å². The first-order valence-corrected chi connectivity index (χ1v) is 6.46. The Kier molecular flexibility index (Phi) is 4.15. The molecule has 1 aromatic carbocycles. The van der Waals surface area contributed by atoms with Gasteiger partial charge in [0.05, 0.1) is 0 Å². The molecule has 0 aliphatic carbocycles. The lowest BCUT2D eigenvalue weighted by Gasteiger charge is -2.12. The zero-order valence-electron chi connectivity index (χ0n) is 10.2. The maximum atomic E-state index is 12.1. The Hall–Kier alpha value is -1.61. The second kappa shape index (κ2) is 5.83. The van der Waals surface area contributed by atoms with Gasteiger partial charge >= 0.3 is 0 Å². The first-order valence-electron chi connectivity index (χ1n) is 5.93. The van der Waals surface area contributed by atoms with Gasteiger partial charge in [0.15, 0.2) is 0 Å². The third kappa shape index (κ3) is 2.79. The minimum Gasteiger partial charge on any atom is -0.348 e. The Morgan fingerprint density at radius 2 is 2.17 bits per heavy atom. The van der Waals surface area contributed by atoms with Gasteiger partial charge in [0, 0.05) is 23.5 Å². The molecule has 94 valence electrons. The van der Waals surface area contributed by atoms with E-state index in [1.807, 2.05) is 37.3 Å². The van der Waals surface area contributed by atoms with Gasteiger partial charge in [-0.05, 0) is 24.8 Å². The van der Waals surface area contributed by atoms with Crippen LogP contribution in [0.15, 0.2) is 36.5 Å². The van der Waals surface area contributed by atoms with E-state index in [0.717, 1.165) is 17.2 Å². The van der Waals surface area contributed by atoms with Crippen LogP contribution in [0.1, 0.15) is 23.8 Å². The van der Waals surface area contributed by atoms with Crippen LogP contribution in [0.4, 0.5) is 0 Å². The Morgan fingerprint density at radius 3 is 2.94 bits per heavy atom. The second-order valence-electron chi connectivity index (χ2n) is 4.23. The van der Waals surface area contributed by atoms with Gasteiger partial charge in [-0.1, -0.05) is 24.3 Å². The van der Waals surface area contributed by atoms with Crippen LogP contribution >= 0.6 is 11.6 Å². The van der Waals surface area contributed by atoms with Gasteiger partial charge < -0.3 is 5.32 Å². The first kappa shape index (κ1) is 12.8. The van der Waals surface area contributed by atoms with E-state index in [0.29, 0.717) is 11.6 Å². The molecule has 4 heteroatoms. The molecule has 1 amide bonds. The maximum absolute atomic E-state index is 12.1. The fraction of sp³-hybridized carbons (Fsp3) is 0.286. The zero-order chi connectivity index (χ0) is 13.0. The minimum absolute atomic E-state index is 0.0516. The molecule has 0 spiro atoms. The number of hydrogen-bond acceptors (Lipinski definition) is 2. The predicted octanol–water partition coefficient (Wildman–Crippen LogP) is 2.98. The summed E-state index contributed by atoms with van der Waals surface area (Å²) in [6.45, 7) is 1.94. The highest BCUT2D eigenvalue weighted by molar-refractivity contribution is 6.17. The number of nitrogens with zero attached hydrogens (tertiary/aromatic N) is 1. The van der Waals surface area contributed by atoms with E-state index in [1.54, 1.807) is 6.20 Å². The molecule has 18 heavy (non-hydrogen) atoms. The van der Waals surface area contributed by atoms with Crippen LogP contribution in [0.3, 0.4) is 0 Å². The quantitative estimate of drug-likeness (QED) is 0.861. The van der Waals surface area contributed by atoms with Gasteiger partial charge in [-0.2, -0.15) is 0 Å². The molecule has 1 unspecified atom stereocenters. The van der Waals surface area contributed by atoms with E-state index < -0.39 is 0 Å². The minimum atomic E-state index is -0.149. The molecule has 0 saturated carbocycles. The first-order chi connectivity index (χ1) is 8.72.